The Hall–Kier alpha value is -1.81. The van der Waals surface area contributed by atoms with Crippen molar-refractivity contribution in [1.29, 1.82) is 0 Å². The van der Waals surface area contributed by atoms with Crippen molar-refractivity contribution in [3.05, 3.63) is 46.4 Å². The number of carbonyl (C=O) groups is 1. The SMILES string of the molecule is O=C(NCCc1cccnc1)c1sccc1S(=O)(=O)N1CCOCC1. The lowest BCUT2D eigenvalue weighted by molar-refractivity contribution is 0.0730. The molecule has 0 saturated carbocycles. The lowest BCUT2D eigenvalue weighted by Gasteiger charge is -2.26. The number of ether oxygens (including phenoxy) is 1. The number of aromatic nitrogens is 1. The van der Waals surface area contributed by atoms with Crippen molar-refractivity contribution in [3.8, 4) is 0 Å². The van der Waals surface area contributed by atoms with E-state index in [1.807, 2.05) is 12.1 Å². The van der Waals surface area contributed by atoms with Gasteiger partial charge in [0.15, 0.2) is 0 Å². The molecule has 1 aliphatic heterocycles. The molecule has 2 aromatic rings. The number of nitrogens with zero attached hydrogens (tertiary/aromatic N) is 2. The quantitative estimate of drug-likeness (QED) is 0.811. The first kappa shape index (κ1) is 18.0. The van der Waals surface area contributed by atoms with Crippen molar-refractivity contribution < 1.29 is 17.9 Å². The average molecular weight is 381 g/mol. The lowest BCUT2D eigenvalue weighted by Crippen LogP contribution is -2.41. The Balaban J connectivity index is 1.67. The normalized spacial score (nSPS) is 15.8. The van der Waals surface area contributed by atoms with E-state index in [4.69, 9.17) is 4.74 Å². The number of nitrogens with one attached hydrogen (secondary N) is 1. The zero-order chi connectivity index (χ0) is 17.7. The Morgan fingerprint density at radius 1 is 1.32 bits per heavy atom. The average Bonchev–Trinajstić information content (AvgIpc) is 3.14. The molecule has 134 valence electrons. The molecule has 0 bridgehead atoms. The highest BCUT2D eigenvalue weighted by atomic mass is 32.2. The summed E-state index contributed by atoms with van der Waals surface area (Å²) in [5.41, 5.74) is 1.01. The molecule has 1 saturated heterocycles. The van der Waals surface area contributed by atoms with Crippen LogP contribution in [0.2, 0.25) is 0 Å². The molecule has 9 heteroatoms. The minimum Gasteiger partial charge on any atom is -0.379 e. The van der Waals surface area contributed by atoms with Gasteiger partial charge in [0.1, 0.15) is 9.77 Å². The number of hydrogen-bond acceptors (Lipinski definition) is 6. The van der Waals surface area contributed by atoms with Gasteiger partial charge in [-0.2, -0.15) is 4.31 Å². The molecule has 2 aromatic heterocycles. The van der Waals surface area contributed by atoms with E-state index in [1.54, 1.807) is 17.8 Å². The van der Waals surface area contributed by atoms with Gasteiger partial charge in [0.05, 0.1) is 13.2 Å². The first-order chi connectivity index (χ1) is 12.1. The van der Waals surface area contributed by atoms with Crippen LogP contribution in [-0.2, 0) is 21.2 Å². The summed E-state index contributed by atoms with van der Waals surface area (Å²) in [5.74, 6) is -0.370. The third-order valence-electron chi connectivity index (χ3n) is 3.85. The maximum atomic E-state index is 12.8. The summed E-state index contributed by atoms with van der Waals surface area (Å²) < 4.78 is 32.1. The van der Waals surface area contributed by atoms with Crippen LogP contribution in [0.1, 0.15) is 15.2 Å². The second-order valence-corrected chi connectivity index (χ2v) is 8.32. The predicted molar refractivity (Wildman–Crippen MR) is 94.2 cm³/mol. The molecule has 0 unspecified atom stereocenters. The highest BCUT2D eigenvalue weighted by molar-refractivity contribution is 7.89. The predicted octanol–water partition coefficient (Wildman–Crippen LogP) is 1.14. The topological polar surface area (TPSA) is 88.6 Å². The van der Waals surface area contributed by atoms with Gasteiger partial charge < -0.3 is 10.1 Å². The third-order valence-corrected chi connectivity index (χ3v) is 6.83. The van der Waals surface area contributed by atoms with Crippen LogP contribution < -0.4 is 5.32 Å². The lowest BCUT2D eigenvalue weighted by atomic mass is 10.2. The molecule has 0 atom stereocenters. The first-order valence-electron chi connectivity index (χ1n) is 7.91. The number of thiophene rings is 1. The van der Waals surface area contributed by atoms with E-state index in [2.05, 4.69) is 10.3 Å². The monoisotopic (exact) mass is 381 g/mol. The molecule has 0 radical (unpaired) electrons. The second-order valence-electron chi connectivity index (χ2n) is 5.50. The van der Waals surface area contributed by atoms with E-state index < -0.39 is 10.0 Å². The van der Waals surface area contributed by atoms with Gasteiger partial charge in [-0.15, -0.1) is 11.3 Å². The molecule has 3 rings (SSSR count). The van der Waals surface area contributed by atoms with Crippen LogP contribution in [0.15, 0.2) is 40.9 Å². The molecule has 7 nitrogen and oxygen atoms in total. The third kappa shape index (κ3) is 4.24. The van der Waals surface area contributed by atoms with Crippen molar-refractivity contribution in [2.24, 2.45) is 0 Å². The number of pyridine rings is 1. The van der Waals surface area contributed by atoms with Crippen LogP contribution in [0.3, 0.4) is 0 Å². The van der Waals surface area contributed by atoms with Crippen molar-refractivity contribution >= 4 is 27.3 Å². The summed E-state index contributed by atoms with van der Waals surface area (Å²) in [6.45, 7) is 1.77. The Kier molecular flexibility index (Phi) is 5.79. The van der Waals surface area contributed by atoms with Crippen LogP contribution in [0.25, 0.3) is 0 Å². The van der Waals surface area contributed by atoms with E-state index in [9.17, 15) is 13.2 Å². The van der Waals surface area contributed by atoms with Crippen LogP contribution in [-0.4, -0.2) is 56.5 Å². The Bertz CT molecular complexity index is 815. The number of rotatable bonds is 6. The van der Waals surface area contributed by atoms with Gasteiger partial charge in [-0.25, -0.2) is 8.42 Å². The van der Waals surface area contributed by atoms with Crippen LogP contribution in [0.4, 0.5) is 0 Å². The molecule has 0 spiro atoms. The Labute approximate surface area is 150 Å². The maximum absolute atomic E-state index is 12.8. The summed E-state index contributed by atoms with van der Waals surface area (Å²) in [6.07, 6.45) is 4.07. The number of hydrogen-bond donors (Lipinski definition) is 1. The zero-order valence-electron chi connectivity index (χ0n) is 13.6. The highest BCUT2D eigenvalue weighted by Crippen LogP contribution is 2.25. The van der Waals surface area contributed by atoms with Crippen molar-refractivity contribution in [2.75, 3.05) is 32.8 Å². The fraction of sp³-hybridized carbons (Fsp3) is 0.375. The Morgan fingerprint density at radius 3 is 2.84 bits per heavy atom. The molecular formula is C16H19N3O4S2. The van der Waals surface area contributed by atoms with Gasteiger partial charge in [-0.05, 0) is 29.5 Å². The molecule has 25 heavy (non-hydrogen) atoms. The standard InChI is InChI=1S/C16H19N3O4S2/c20-16(18-6-3-13-2-1-5-17-12-13)15-14(4-11-24-15)25(21,22)19-7-9-23-10-8-19/h1-2,4-5,11-12H,3,6-10H2,(H,18,20). The maximum Gasteiger partial charge on any atom is 0.262 e. The van der Waals surface area contributed by atoms with E-state index in [1.165, 1.54) is 10.4 Å². The fourth-order valence-corrected chi connectivity index (χ4v) is 5.26. The smallest absolute Gasteiger partial charge is 0.262 e. The Morgan fingerprint density at radius 2 is 2.12 bits per heavy atom. The van der Waals surface area contributed by atoms with Gasteiger partial charge in [0.25, 0.3) is 5.91 Å². The van der Waals surface area contributed by atoms with E-state index in [-0.39, 0.29) is 15.7 Å². The van der Waals surface area contributed by atoms with Crippen LogP contribution in [0.5, 0.6) is 0 Å². The van der Waals surface area contributed by atoms with Crippen LogP contribution in [0, 0.1) is 0 Å². The van der Waals surface area contributed by atoms with Gasteiger partial charge in [0, 0.05) is 32.0 Å². The first-order valence-corrected chi connectivity index (χ1v) is 10.2. The molecule has 0 aliphatic carbocycles. The molecule has 1 fully saturated rings. The fourth-order valence-electron chi connectivity index (χ4n) is 2.54. The zero-order valence-corrected chi connectivity index (χ0v) is 15.2. The summed E-state index contributed by atoms with van der Waals surface area (Å²) in [4.78, 5) is 16.7. The van der Waals surface area contributed by atoms with Gasteiger partial charge in [-0.1, -0.05) is 6.07 Å². The molecule has 1 N–H and O–H groups in total. The summed E-state index contributed by atoms with van der Waals surface area (Å²) >= 11 is 1.13. The molecule has 1 aliphatic rings. The largest absolute Gasteiger partial charge is 0.379 e. The van der Waals surface area contributed by atoms with Crippen molar-refractivity contribution in [2.45, 2.75) is 11.3 Å². The number of morpholine rings is 1. The minimum absolute atomic E-state index is 0.0678. The van der Waals surface area contributed by atoms with Gasteiger partial charge in [-0.3, -0.25) is 9.78 Å². The molecular weight excluding hydrogens is 362 g/mol. The van der Waals surface area contributed by atoms with Crippen molar-refractivity contribution in [1.82, 2.24) is 14.6 Å². The molecule has 0 aromatic carbocycles. The van der Waals surface area contributed by atoms with Crippen LogP contribution >= 0.6 is 11.3 Å². The van der Waals surface area contributed by atoms with Gasteiger partial charge in [0.2, 0.25) is 10.0 Å². The number of sulfonamides is 1. The summed E-state index contributed by atoms with van der Waals surface area (Å²) in [5, 5.41) is 4.41. The minimum atomic E-state index is -3.68. The second kappa shape index (κ2) is 8.05. The molecule has 1 amide bonds. The van der Waals surface area contributed by atoms with Crippen molar-refractivity contribution in [3.63, 3.8) is 0 Å². The van der Waals surface area contributed by atoms with E-state index in [0.717, 1.165) is 16.9 Å². The highest BCUT2D eigenvalue weighted by Gasteiger charge is 2.31. The number of carbonyl (C=O) groups excluding carboxylic acids is 1. The molecule has 3 heterocycles. The summed E-state index contributed by atoms with van der Waals surface area (Å²) in [6, 6.07) is 5.26. The van der Waals surface area contributed by atoms with E-state index in [0.29, 0.717) is 39.3 Å². The summed E-state index contributed by atoms with van der Waals surface area (Å²) in [7, 11) is -3.68. The van der Waals surface area contributed by atoms with E-state index >= 15 is 0 Å². The number of amides is 1. The van der Waals surface area contributed by atoms with Gasteiger partial charge >= 0.3 is 0 Å².